The van der Waals surface area contributed by atoms with E-state index in [-0.39, 0.29) is 43.0 Å². The van der Waals surface area contributed by atoms with Gasteiger partial charge in [0.05, 0.1) is 13.1 Å². The summed E-state index contributed by atoms with van der Waals surface area (Å²) < 4.78 is 36.6. The van der Waals surface area contributed by atoms with Crippen LogP contribution in [0.4, 0.5) is 18.9 Å². The van der Waals surface area contributed by atoms with E-state index in [1.165, 1.54) is 19.1 Å². The molecular weight excluding hydrogens is 609 g/mol. The van der Waals surface area contributed by atoms with Gasteiger partial charge in [-0.2, -0.15) is 13.2 Å². The molecular formula is C27H35F3N6O9. The number of aliphatic carboxylic acids is 1. The van der Waals surface area contributed by atoms with Gasteiger partial charge in [0.1, 0.15) is 18.6 Å². The Labute approximate surface area is 255 Å². The standard InChI is InChI=1S/C25H34N6O7.C2HF3O2/c1-15(32)38-14-16-7-8-17-11-18(16)23(35)29-13-22(34)28-12-21(33)27-9-3-2-5-19(26)25(37)31-10-4-6-20(31)24(36)30-17;3-2(4,5)1(6)7/h7-8,11,19-20H,2-6,9-10,12-14,26H2,1H3,(H,27,33)(H,28,34)(H,29,35)(H,30,36);(H,6,7)/t19-,20-;/m0./s1. The normalized spacial score (nSPS) is 20.6. The molecule has 1 aromatic rings. The first-order valence-electron chi connectivity index (χ1n) is 13.9. The summed E-state index contributed by atoms with van der Waals surface area (Å²) in [6, 6.07) is 3.34. The maximum Gasteiger partial charge on any atom is 0.430 e. The van der Waals surface area contributed by atoms with Gasteiger partial charge < -0.3 is 46.5 Å². The molecule has 7 N–H and O–H groups in total. The maximum atomic E-state index is 13.1. The zero-order chi connectivity index (χ0) is 33.7. The summed E-state index contributed by atoms with van der Waals surface area (Å²) in [5.41, 5.74) is 4.75. The zero-order valence-electron chi connectivity index (χ0n) is 24.4. The summed E-state index contributed by atoms with van der Waals surface area (Å²) >= 11 is 0. The Balaban J connectivity index is 0.000000900. The van der Waals surface area contributed by atoms with Gasteiger partial charge in [-0.05, 0) is 37.8 Å². The molecule has 15 nitrogen and oxygen atoms in total. The molecule has 2 aliphatic heterocycles. The maximum absolute atomic E-state index is 13.1. The molecule has 2 bridgehead atoms. The summed E-state index contributed by atoms with van der Waals surface area (Å²) in [5, 5.41) is 19.2. The smallest absolute Gasteiger partial charge is 0.430 e. The van der Waals surface area contributed by atoms with Crippen LogP contribution in [0.25, 0.3) is 0 Å². The molecule has 1 saturated heterocycles. The van der Waals surface area contributed by atoms with Crippen LogP contribution in [0.2, 0.25) is 0 Å². The fourth-order valence-corrected chi connectivity index (χ4v) is 4.36. The number of rotatable bonds is 2. The Morgan fingerprint density at radius 1 is 1.00 bits per heavy atom. The van der Waals surface area contributed by atoms with Crippen molar-refractivity contribution in [1.29, 1.82) is 0 Å². The number of amides is 5. The van der Waals surface area contributed by atoms with Crippen molar-refractivity contribution in [3.63, 3.8) is 0 Å². The number of carbonyl (C=O) groups excluding carboxylic acids is 7. The van der Waals surface area contributed by atoms with Crippen LogP contribution in [-0.4, -0.2) is 90.8 Å². The average molecular weight is 645 g/mol. The Hall–Kier alpha value is -4.74. The van der Waals surface area contributed by atoms with Crippen LogP contribution < -0.4 is 32.1 Å². The predicted molar refractivity (Wildman–Crippen MR) is 145 cm³/mol. The van der Waals surface area contributed by atoms with Gasteiger partial charge in [0.2, 0.25) is 17.7 Å². The van der Waals surface area contributed by atoms with E-state index in [0.29, 0.717) is 56.4 Å². The van der Waals surface area contributed by atoms with Gasteiger partial charge in [0.25, 0.3) is 11.8 Å². The van der Waals surface area contributed by atoms with Gasteiger partial charge in [-0.25, -0.2) is 0 Å². The van der Waals surface area contributed by atoms with E-state index in [9.17, 15) is 41.9 Å². The Morgan fingerprint density at radius 2 is 1.64 bits per heavy atom. The van der Waals surface area contributed by atoms with E-state index in [2.05, 4.69) is 27.0 Å². The fraction of sp³-hybridized carbons (Fsp3) is 0.519. The lowest BCUT2D eigenvalue weighted by Crippen LogP contribution is -2.68. The van der Waals surface area contributed by atoms with E-state index < -0.39 is 42.0 Å². The van der Waals surface area contributed by atoms with Crippen molar-refractivity contribution in [2.24, 2.45) is 0 Å². The molecule has 0 aliphatic carbocycles. The molecule has 0 saturated carbocycles. The highest BCUT2D eigenvalue weighted by molar-refractivity contribution is 6.01. The SMILES string of the molecule is CC(=O)OCc1ccc2cc1C(=O)NCC(=O)NCC(=O)NCCCC[C@H]([NH3+])C(=O)N1CCC[C@H]1C(=O)N2.O=C([O-])C(F)(F)F. The average Bonchev–Trinajstić information content (AvgIpc) is 3.47. The van der Waals surface area contributed by atoms with Gasteiger partial charge in [0, 0.05) is 43.2 Å². The number of alkyl halides is 3. The number of hydrogen-bond donors (Lipinski definition) is 5. The van der Waals surface area contributed by atoms with E-state index in [0.717, 1.165) is 0 Å². The van der Waals surface area contributed by atoms with Crippen molar-refractivity contribution in [3.05, 3.63) is 29.3 Å². The second kappa shape index (κ2) is 16.9. The molecule has 248 valence electrons. The molecule has 2 heterocycles. The second-order valence-electron chi connectivity index (χ2n) is 10.1. The van der Waals surface area contributed by atoms with Crippen LogP contribution in [0.15, 0.2) is 18.2 Å². The molecule has 5 amide bonds. The summed E-state index contributed by atoms with van der Waals surface area (Å²) in [4.78, 5) is 84.9. The van der Waals surface area contributed by atoms with Crippen molar-refractivity contribution in [1.82, 2.24) is 20.9 Å². The van der Waals surface area contributed by atoms with Crippen LogP contribution in [-0.2, 0) is 40.1 Å². The molecule has 0 aromatic heterocycles. The highest BCUT2D eigenvalue weighted by atomic mass is 19.4. The zero-order valence-corrected chi connectivity index (χ0v) is 24.4. The van der Waals surface area contributed by atoms with Crippen molar-refractivity contribution in [3.8, 4) is 0 Å². The number of nitrogens with zero attached hydrogens (tertiary/aromatic N) is 1. The van der Waals surface area contributed by atoms with Crippen molar-refractivity contribution in [2.45, 2.75) is 63.9 Å². The largest absolute Gasteiger partial charge is 0.542 e. The van der Waals surface area contributed by atoms with Gasteiger partial charge in [0.15, 0.2) is 6.04 Å². The van der Waals surface area contributed by atoms with Gasteiger partial charge in [-0.3, -0.25) is 28.8 Å². The van der Waals surface area contributed by atoms with Gasteiger partial charge >= 0.3 is 12.1 Å². The predicted octanol–water partition coefficient (Wildman–Crippen LogP) is -2.27. The molecule has 1 aromatic carbocycles. The van der Waals surface area contributed by atoms with E-state index >= 15 is 0 Å². The quantitative estimate of drug-likeness (QED) is 0.218. The van der Waals surface area contributed by atoms with E-state index in [4.69, 9.17) is 14.6 Å². The number of carboxylic acids is 1. The van der Waals surface area contributed by atoms with E-state index in [1.807, 2.05) is 0 Å². The van der Waals surface area contributed by atoms with Gasteiger partial charge in [-0.1, -0.05) is 6.07 Å². The molecule has 0 radical (unpaired) electrons. The summed E-state index contributed by atoms with van der Waals surface area (Å²) in [6.45, 7) is 1.24. The minimum atomic E-state index is -5.19. The van der Waals surface area contributed by atoms with Crippen LogP contribution in [0.5, 0.6) is 0 Å². The number of benzene rings is 1. The second-order valence-corrected chi connectivity index (χ2v) is 10.1. The number of esters is 1. The number of fused-ring (bicyclic) bond motifs is 3. The molecule has 1 fully saturated rings. The third-order valence-corrected chi connectivity index (χ3v) is 6.63. The number of quaternary nitrogens is 1. The number of carboxylic acid groups (broad SMARTS) is 1. The first kappa shape index (κ1) is 36.5. The lowest BCUT2D eigenvalue weighted by molar-refractivity contribution is -0.407. The number of halogens is 3. The number of hydrogen-bond acceptors (Lipinski definition) is 9. The molecule has 0 spiro atoms. The third kappa shape index (κ3) is 12.0. The summed E-state index contributed by atoms with van der Waals surface area (Å²) in [7, 11) is 0. The Kier molecular flexibility index (Phi) is 13.7. The lowest BCUT2D eigenvalue weighted by Gasteiger charge is -2.25. The van der Waals surface area contributed by atoms with Crippen molar-refractivity contribution in [2.75, 3.05) is 31.5 Å². The summed E-state index contributed by atoms with van der Waals surface area (Å²) in [6.07, 6.45) is -2.21. The van der Waals surface area contributed by atoms with Crippen molar-refractivity contribution < 1.29 is 62.3 Å². The Bertz CT molecular complexity index is 1290. The van der Waals surface area contributed by atoms with Crippen LogP contribution >= 0.6 is 0 Å². The molecule has 18 heteroatoms. The Morgan fingerprint density at radius 3 is 2.29 bits per heavy atom. The minimum Gasteiger partial charge on any atom is -0.542 e. The van der Waals surface area contributed by atoms with Gasteiger partial charge in [-0.15, -0.1) is 0 Å². The molecule has 2 atom stereocenters. The first-order valence-corrected chi connectivity index (χ1v) is 13.9. The number of nitrogens with one attached hydrogen (secondary N) is 4. The number of carbonyl (C=O) groups is 7. The molecule has 2 aliphatic rings. The molecule has 45 heavy (non-hydrogen) atoms. The topological polar surface area (TPSA) is 231 Å². The first-order chi connectivity index (χ1) is 21.1. The van der Waals surface area contributed by atoms with Crippen LogP contribution in [0.3, 0.4) is 0 Å². The van der Waals surface area contributed by atoms with Crippen LogP contribution in [0, 0.1) is 0 Å². The van der Waals surface area contributed by atoms with E-state index in [1.54, 1.807) is 11.0 Å². The highest BCUT2D eigenvalue weighted by Gasteiger charge is 2.37. The number of anilines is 1. The monoisotopic (exact) mass is 644 g/mol. The summed E-state index contributed by atoms with van der Waals surface area (Å²) in [5.74, 6) is -5.69. The minimum absolute atomic E-state index is 0.0951. The number of ether oxygens (including phenoxy) is 1. The molecule has 3 rings (SSSR count). The molecule has 0 unspecified atom stereocenters. The lowest BCUT2D eigenvalue weighted by atomic mass is 10.1. The third-order valence-electron chi connectivity index (χ3n) is 6.63. The fourth-order valence-electron chi connectivity index (χ4n) is 4.36. The van der Waals surface area contributed by atoms with Crippen LogP contribution in [0.1, 0.15) is 54.9 Å². The highest BCUT2D eigenvalue weighted by Crippen LogP contribution is 2.23. The van der Waals surface area contributed by atoms with Crippen molar-refractivity contribution >= 4 is 47.2 Å².